The lowest BCUT2D eigenvalue weighted by molar-refractivity contribution is -0.143. The number of aliphatic imine (C=N–C) groups is 1. The van der Waals surface area contributed by atoms with E-state index in [1.807, 2.05) is 49.4 Å². The molecule has 0 radical (unpaired) electrons. The van der Waals surface area contributed by atoms with Crippen LogP contribution in [0.15, 0.2) is 63.2 Å². The van der Waals surface area contributed by atoms with Crippen molar-refractivity contribution in [3.63, 3.8) is 0 Å². The number of carbonyl (C=O) groups is 2. The number of Topliss-reactive ketones (excluding diaryl/α,β-unsaturated/α-hetero) is 1. The quantitative estimate of drug-likeness (QED) is 0.514. The maximum atomic E-state index is 13.6. The maximum Gasteiger partial charge on any atom is 0.315 e. The first-order chi connectivity index (χ1) is 15.9. The Hall–Kier alpha value is -2.93. The summed E-state index contributed by atoms with van der Waals surface area (Å²) >= 11 is 3.46. The van der Waals surface area contributed by atoms with Crippen LogP contribution in [0.1, 0.15) is 42.7 Å². The van der Waals surface area contributed by atoms with Crippen molar-refractivity contribution in [2.45, 2.75) is 31.6 Å². The summed E-state index contributed by atoms with van der Waals surface area (Å²) in [4.78, 5) is 31.1. The van der Waals surface area contributed by atoms with Crippen molar-refractivity contribution in [1.29, 1.82) is 0 Å². The van der Waals surface area contributed by atoms with Gasteiger partial charge < -0.3 is 14.2 Å². The second kappa shape index (κ2) is 9.51. The van der Waals surface area contributed by atoms with Gasteiger partial charge in [0.1, 0.15) is 5.92 Å². The summed E-state index contributed by atoms with van der Waals surface area (Å²) in [5.74, 6) is -0.184. The van der Waals surface area contributed by atoms with Gasteiger partial charge >= 0.3 is 5.97 Å². The summed E-state index contributed by atoms with van der Waals surface area (Å²) in [6.07, 6.45) is 0.943. The molecule has 4 rings (SSSR count). The molecular weight excluding hydrogens is 486 g/mol. The number of hydrogen-bond donors (Lipinski definition) is 0. The van der Waals surface area contributed by atoms with Gasteiger partial charge in [0, 0.05) is 33.8 Å². The van der Waals surface area contributed by atoms with Gasteiger partial charge in [0.25, 0.3) is 0 Å². The Labute approximate surface area is 201 Å². The SMILES string of the molecule is COC(=O)C1C(C)=NC2=C(C(=O)C[C@@H](c3ccc(OC)c(OC)c3)C2)[C@H]1c1ccc(Br)cc1. The Morgan fingerprint density at radius 2 is 1.64 bits per heavy atom. The molecule has 2 aromatic rings. The molecule has 0 saturated heterocycles. The zero-order valence-electron chi connectivity index (χ0n) is 19.1. The molecule has 0 N–H and O–H groups in total. The largest absolute Gasteiger partial charge is 0.493 e. The van der Waals surface area contributed by atoms with Crippen molar-refractivity contribution < 1.29 is 23.8 Å². The highest BCUT2D eigenvalue weighted by atomic mass is 79.9. The van der Waals surface area contributed by atoms with E-state index in [2.05, 4.69) is 15.9 Å². The molecule has 7 heteroatoms. The van der Waals surface area contributed by atoms with Crippen molar-refractivity contribution in [3.8, 4) is 11.5 Å². The second-order valence-electron chi connectivity index (χ2n) is 8.29. The lowest BCUT2D eigenvalue weighted by Crippen LogP contribution is -2.37. The van der Waals surface area contributed by atoms with Crippen LogP contribution in [0.5, 0.6) is 11.5 Å². The number of carbonyl (C=O) groups excluding carboxylic acids is 2. The van der Waals surface area contributed by atoms with Crippen LogP contribution in [0.2, 0.25) is 0 Å². The molecule has 2 aliphatic rings. The number of halogens is 1. The number of hydrogen-bond acceptors (Lipinski definition) is 6. The first kappa shape index (κ1) is 23.2. The van der Waals surface area contributed by atoms with Crippen LogP contribution in [0.3, 0.4) is 0 Å². The van der Waals surface area contributed by atoms with Gasteiger partial charge in [0.15, 0.2) is 17.3 Å². The molecule has 172 valence electrons. The third-order valence-electron chi connectivity index (χ3n) is 6.45. The fourth-order valence-electron chi connectivity index (χ4n) is 4.86. The Morgan fingerprint density at radius 1 is 0.970 bits per heavy atom. The van der Waals surface area contributed by atoms with Crippen LogP contribution in [-0.4, -0.2) is 38.8 Å². The van der Waals surface area contributed by atoms with E-state index in [0.29, 0.717) is 35.6 Å². The number of ether oxygens (including phenoxy) is 3. The second-order valence-corrected chi connectivity index (χ2v) is 9.20. The number of benzene rings is 2. The highest BCUT2D eigenvalue weighted by Gasteiger charge is 2.44. The smallest absolute Gasteiger partial charge is 0.315 e. The first-order valence-corrected chi connectivity index (χ1v) is 11.5. The predicted octanol–water partition coefficient (Wildman–Crippen LogP) is 5.21. The standard InChI is InChI=1S/C26H26BrNO5/c1-14-23(26(30)33-4)24(15-5-8-18(27)9-6-15)25-19(28-14)11-17(12-20(25)29)16-7-10-21(31-2)22(13-16)32-3/h5-10,13,17,23-24H,11-12H2,1-4H3/t17-,23?,24-/m0/s1. The van der Waals surface area contributed by atoms with E-state index < -0.39 is 11.8 Å². The van der Waals surface area contributed by atoms with Crippen molar-refractivity contribution in [2.75, 3.05) is 21.3 Å². The fraction of sp³-hybridized carbons (Fsp3) is 0.346. The molecule has 2 aromatic carbocycles. The average molecular weight is 512 g/mol. The lowest BCUT2D eigenvalue weighted by atomic mass is 9.69. The number of allylic oxidation sites excluding steroid dienone is 2. The first-order valence-electron chi connectivity index (χ1n) is 10.7. The highest BCUT2D eigenvalue weighted by molar-refractivity contribution is 9.10. The van der Waals surface area contributed by atoms with Gasteiger partial charge in [0.05, 0.1) is 21.3 Å². The van der Waals surface area contributed by atoms with E-state index in [1.165, 1.54) is 7.11 Å². The minimum atomic E-state index is -0.628. The number of methoxy groups -OCH3 is 3. The summed E-state index contributed by atoms with van der Waals surface area (Å²) < 4.78 is 16.8. The Kier molecular flexibility index (Phi) is 6.70. The van der Waals surface area contributed by atoms with Crippen LogP contribution in [0.25, 0.3) is 0 Å². The number of esters is 1. The van der Waals surface area contributed by atoms with Gasteiger partial charge in [-0.3, -0.25) is 14.6 Å². The molecule has 1 aliphatic heterocycles. The molecule has 0 amide bonds. The third kappa shape index (κ3) is 4.34. The van der Waals surface area contributed by atoms with E-state index in [-0.39, 0.29) is 17.7 Å². The molecule has 1 unspecified atom stereocenters. The zero-order valence-corrected chi connectivity index (χ0v) is 20.6. The Bertz CT molecular complexity index is 1150. The topological polar surface area (TPSA) is 74.2 Å². The van der Waals surface area contributed by atoms with E-state index in [0.717, 1.165) is 21.3 Å². The highest BCUT2D eigenvalue weighted by Crippen LogP contribution is 2.47. The van der Waals surface area contributed by atoms with E-state index in [4.69, 9.17) is 19.2 Å². The van der Waals surface area contributed by atoms with E-state index in [1.54, 1.807) is 14.2 Å². The molecule has 0 spiro atoms. The Morgan fingerprint density at radius 3 is 2.27 bits per heavy atom. The van der Waals surface area contributed by atoms with Crippen molar-refractivity contribution >= 4 is 33.4 Å². The van der Waals surface area contributed by atoms with Crippen molar-refractivity contribution in [3.05, 3.63) is 69.3 Å². The van der Waals surface area contributed by atoms with Crippen molar-refractivity contribution in [1.82, 2.24) is 0 Å². The number of rotatable bonds is 5. The van der Waals surface area contributed by atoms with E-state index in [9.17, 15) is 9.59 Å². The summed E-state index contributed by atoms with van der Waals surface area (Å²) in [5, 5.41) is 0. The summed E-state index contributed by atoms with van der Waals surface area (Å²) in [5.41, 5.74) is 3.92. The van der Waals surface area contributed by atoms with Crippen LogP contribution < -0.4 is 9.47 Å². The molecule has 6 nitrogen and oxygen atoms in total. The van der Waals surface area contributed by atoms with Crippen LogP contribution in [-0.2, 0) is 14.3 Å². The van der Waals surface area contributed by atoms with Gasteiger partial charge in [-0.1, -0.05) is 34.1 Å². The average Bonchev–Trinajstić information content (AvgIpc) is 2.82. The monoisotopic (exact) mass is 511 g/mol. The maximum absolute atomic E-state index is 13.6. The molecule has 0 aromatic heterocycles. The van der Waals surface area contributed by atoms with Gasteiger partial charge in [-0.05, 0) is 54.7 Å². The third-order valence-corrected chi connectivity index (χ3v) is 6.98. The summed E-state index contributed by atoms with van der Waals surface area (Å²) in [7, 11) is 4.56. The molecule has 0 bridgehead atoms. The normalized spacial score (nSPS) is 22.4. The summed E-state index contributed by atoms with van der Waals surface area (Å²) in [6, 6.07) is 13.5. The minimum Gasteiger partial charge on any atom is -0.493 e. The number of ketones is 1. The molecule has 33 heavy (non-hydrogen) atoms. The van der Waals surface area contributed by atoms with E-state index >= 15 is 0 Å². The van der Waals surface area contributed by atoms with Crippen LogP contribution >= 0.6 is 15.9 Å². The fourth-order valence-corrected chi connectivity index (χ4v) is 5.13. The van der Waals surface area contributed by atoms with Crippen LogP contribution in [0, 0.1) is 5.92 Å². The lowest BCUT2D eigenvalue weighted by Gasteiger charge is -2.36. The van der Waals surface area contributed by atoms with Gasteiger partial charge in [-0.2, -0.15) is 0 Å². The molecular formula is C26H26BrNO5. The number of nitrogens with zero attached hydrogens (tertiary/aromatic N) is 1. The van der Waals surface area contributed by atoms with Crippen molar-refractivity contribution in [2.24, 2.45) is 10.9 Å². The molecule has 0 fully saturated rings. The molecule has 1 aliphatic carbocycles. The van der Waals surface area contributed by atoms with Gasteiger partial charge in [0.2, 0.25) is 0 Å². The van der Waals surface area contributed by atoms with Gasteiger partial charge in [-0.25, -0.2) is 0 Å². The summed E-state index contributed by atoms with van der Waals surface area (Å²) in [6.45, 7) is 1.84. The molecule has 0 saturated carbocycles. The van der Waals surface area contributed by atoms with Crippen LogP contribution in [0.4, 0.5) is 0 Å². The molecule has 1 heterocycles. The molecule has 3 atom stereocenters. The zero-order chi connectivity index (χ0) is 23.7. The predicted molar refractivity (Wildman–Crippen MR) is 129 cm³/mol. The van der Waals surface area contributed by atoms with Gasteiger partial charge in [-0.15, -0.1) is 0 Å². The minimum absolute atomic E-state index is 0.00843. The Balaban J connectivity index is 1.78.